The molecule has 0 unspecified atom stereocenters. The van der Waals surface area contributed by atoms with E-state index >= 15 is 0 Å². The fraction of sp³-hybridized carbons (Fsp3) is 0.250. The van der Waals surface area contributed by atoms with Gasteiger partial charge in [-0.3, -0.25) is 9.69 Å². The number of aliphatic hydroxyl groups is 1. The zero-order valence-electron chi connectivity index (χ0n) is 16.0. The van der Waals surface area contributed by atoms with E-state index in [9.17, 15) is 9.90 Å². The summed E-state index contributed by atoms with van der Waals surface area (Å²) < 4.78 is 1.86. The zero-order valence-corrected chi connectivity index (χ0v) is 16.0. The third kappa shape index (κ3) is 2.55. The van der Waals surface area contributed by atoms with Crippen LogP contribution in [0, 0.1) is 0 Å². The Bertz CT molecular complexity index is 1340. The maximum Gasteiger partial charge on any atom is 0.259 e. The van der Waals surface area contributed by atoms with Crippen LogP contribution < -0.4 is 5.56 Å². The molecule has 5 heteroatoms. The average Bonchev–Trinajstić information content (AvgIpc) is 3.32. The highest BCUT2D eigenvalue weighted by atomic mass is 16.3. The van der Waals surface area contributed by atoms with Crippen molar-refractivity contribution in [3.8, 4) is 11.4 Å². The Labute approximate surface area is 167 Å². The van der Waals surface area contributed by atoms with Gasteiger partial charge in [0.05, 0.1) is 29.6 Å². The molecule has 0 bridgehead atoms. The smallest absolute Gasteiger partial charge is 0.259 e. The van der Waals surface area contributed by atoms with Crippen molar-refractivity contribution in [3.05, 3.63) is 76.1 Å². The number of likely N-dealkylation sites (tertiary alicyclic amines) is 1. The summed E-state index contributed by atoms with van der Waals surface area (Å²) in [5.74, 6) is 0. The van der Waals surface area contributed by atoms with Gasteiger partial charge in [-0.2, -0.15) is 0 Å². The molecule has 6 rings (SSSR count). The molecule has 4 aromatic rings. The highest BCUT2D eigenvalue weighted by Gasteiger charge is 2.28. The minimum absolute atomic E-state index is 0.0442. The molecule has 1 fully saturated rings. The lowest BCUT2D eigenvalue weighted by Gasteiger charge is -2.19. The van der Waals surface area contributed by atoms with Crippen molar-refractivity contribution in [2.75, 3.05) is 13.1 Å². The molecule has 0 aliphatic carbocycles. The predicted octanol–water partition coefficient (Wildman–Crippen LogP) is 3.15. The van der Waals surface area contributed by atoms with Crippen molar-refractivity contribution in [2.24, 2.45) is 0 Å². The minimum Gasteiger partial charge on any atom is -0.392 e. The van der Waals surface area contributed by atoms with Crippen LogP contribution in [0.3, 0.4) is 0 Å². The van der Waals surface area contributed by atoms with Crippen molar-refractivity contribution < 1.29 is 5.11 Å². The molecule has 2 aromatic heterocycles. The highest BCUT2D eigenvalue weighted by molar-refractivity contribution is 5.91. The molecule has 144 valence electrons. The number of benzene rings is 2. The molecule has 2 aromatic carbocycles. The van der Waals surface area contributed by atoms with Crippen LogP contribution in [0.15, 0.2) is 59.4 Å². The molecule has 2 aliphatic heterocycles. The lowest BCUT2D eigenvalue weighted by molar-refractivity contribution is 0.175. The van der Waals surface area contributed by atoms with E-state index in [1.165, 1.54) is 5.56 Å². The van der Waals surface area contributed by atoms with Gasteiger partial charge >= 0.3 is 0 Å². The quantitative estimate of drug-likeness (QED) is 0.509. The number of nitrogens with zero attached hydrogens (tertiary/aromatic N) is 3. The number of aromatic nitrogens is 2. The normalized spacial score (nSPS) is 18.4. The number of hydrogen-bond acceptors (Lipinski definition) is 4. The molecular weight excluding hydrogens is 362 g/mol. The molecule has 0 saturated carbocycles. The minimum atomic E-state index is -0.249. The summed E-state index contributed by atoms with van der Waals surface area (Å²) in [5, 5.41) is 12.8. The fourth-order valence-electron chi connectivity index (χ4n) is 4.87. The second kappa shape index (κ2) is 6.24. The number of pyridine rings is 2. The fourth-order valence-corrected chi connectivity index (χ4v) is 4.87. The van der Waals surface area contributed by atoms with Crippen LogP contribution in [0.25, 0.3) is 33.1 Å². The molecule has 5 nitrogen and oxygen atoms in total. The van der Waals surface area contributed by atoms with Crippen LogP contribution in [-0.4, -0.2) is 38.8 Å². The molecule has 2 aliphatic rings. The SMILES string of the molecule is O=c1c2ccccc2cc2n1Cc1c-2nc2ccccc2c1CN1CC[C@H](O)C1. The summed E-state index contributed by atoms with van der Waals surface area (Å²) in [7, 11) is 0. The maximum absolute atomic E-state index is 13.2. The molecule has 4 heterocycles. The van der Waals surface area contributed by atoms with Gasteiger partial charge in [-0.05, 0) is 35.6 Å². The van der Waals surface area contributed by atoms with Crippen molar-refractivity contribution in [1.29, 1.82) is 0 Å². The van der Waals surface area contributed by atoms with Gasteiger partial charge in [0.1, 0.15) is 0 Å². The summed E-state index contributed by atoms with van der Waals surface area (Å²) >= 11 is 0. The maximum atomic E-state index is 13.2. The Morgan fingerprint density at radius 3 is 2.69 bits per heavy atom. The second-order valence-corrected chi connectivity index (χ2v) is 8.12. The van der Waals surface area contributed by atoms with Gasteiger partial charge < -0.3 is 9.67 Å². The first-order valence-electron chi connectivity index (χ1n) is 10.1. The van der Waals surface area contributed by atoms with Crippen LogP contribution in [0.1, 0.15) is 17.5 Å². The van der Waals surface area contributed by atoms with Crippen molar-refractivity contribution in [1.82, 2.24) is 14.5 Å². The number of aliphatic hydroxyl groups excluding tert-OH is 1. The van der Waals surface area contributed by atoms with E-state index < -0.39 is 0 Å². The van der Waals surface area contributed by atoms with Gasteiger partial charge in [0, 0.05) is 36.0 Å². The Hall–Kier alpha value is -3.02. The molecule has 1 saturated heterocycles. The lowest BCUT2D eigenvalue weighted by atomic mass is 10.00. The topological polar surface area (TPSA) is 58.4 Å². The van der Waals surface area contributed by atoms with Gasteiger partial charge in [-0.15, -0.1) is 0 Å². The Morgan fingerprint density at radius 1 is 1.07 bits per heavy atom. The van der Waals surface area contributed by atoms with Crippen molar-refractivity contribution in [2.45, 2.75) is 25.6 Å². The van der Waals surface area contributed by atoms with E-state index in [2.05, 4.69) is 17.0 Å². The number of hydrogen-bond donors (Lipinski definition) is 1. The lowest BCUT2D eigenvalue weighted by Crippen LogP contribution is -2.23. The van der Waals surface area contributed by atoms with Crippen LogP contribution in [-0.2, 0) is 13.1 Å². The van der Waals surface area contributed by atoms with Crippen LogP contribution in [0.5, 0.6) is 0 Å². The predicted molar refractivity (Wildman–Crippen MR) is 114 cm³/mol. The first kappa shape index (κ1) is 16.9. The molecule has 0 radical (unpaired) electrons. The Morgan fingerprint density at radius 2 is 1.86 bits per heavy atom. The Balaban J connectivity index is 1.59. The molecule has 29 heavy (non-hydrogen) atoms. The molecule has 1 N–H and O–H groups in total. The molecule has 0 amide bonds. The van der Waals surface area contributed by atoms with E-state index in [4.69, 9.17) is 4.98 Å². The number of rotatable bonds is 2. The monoisotopic (exact) mass is 383 g/mol. The third-order valence-corrected chi connectivity index (χ3v) is 6.32. The van der Waals surface area contributed by atoms with Crippen molar-refractivity contribution in [3.63, 3.8) is 0 Å². The number of para-hydroxylation sites is 1. The molecule has 1 atom stereocenters. The first-order valence-corrected chi connectivity index (χ1v) is 10.1. The number of β-amino-alcohol motifs (C(OH)–C–C–N with tert-alkyl or cyclic N) is 1. The first-order chi connectivity index (χ1) is 14.2. The average molecular weight is 383 g/mol. The van der Waals surface area contributed by atoms with E-state index in [0.717, 1.165) is 58.1 Å². The summed E-state index contributed by atoms with van der Waals surface area (Å²) in [6, 6.07) is 18.1. The molecule has 0 spiro atoms. The Kier molecular flexibility index (Phi) is 3.63. The van der Waals surface area contributed by atoms with Crippen molar-refractivity contribution >= 4 is 21.7 Å². The standard InChI is InChI=1S/C24H21N3O2/c28-16-9-10-26(12-16)13-19-18-7-3-4-8-21(18)25-23-20(19)14-27-22(23)11-15-5-1-2-6-17(15)24(27)29/h1-8,11,16,28H,9-10,12-14H2/t16-/m0/s1. The van der Waals surface area contributed by atoms with Gasteiger partial charge in [0.2, 0.25) is 0 Å². The highest BCUT2D eigenvalue weighted by Crippen LogP contribution is 2.37. The largest absolute Gasteiger partial charge is 0.392 e. The van der Waals surface area contributed by atoms with E-state index in [-0.39, 0.29) is 11.7 Å². The summed E-state index contributed by atoms with van der Waals surface area (Å²) in [5.41, 5.74) is 5.18. The van der Waals surface area contributed by atoms with Gasteiger partial charge in [0.15, 0.2) is 0 Å². The summed E-state index contributed by atoms with van der Waals surface area (Å²) in [4.78, 5) is 20.4. The summed E-state index contributed by atoms with van der Waals surface area (Å²) in [6.45, 7) is 2.91. The molecular formula is C24H21N3O2. The summed E-state index contributed by atoms with van der Waals surface area (Å²) in [6.07, 6.45) is 0.567. The van der Waals surface area contributed by atoms with Crippen LogP contribution in [0.4, 0.5) is 0 Å². The second-order valence-electron chi connectivity index (χ2n) is 8.12. The van der Waals surface area contributed by atoms with Gasteiger partial charge in [-0.25, -0.2) is 4.98 Å². The van der Waals surface area contributed by atoms with Gasteiger partial charge in [-0.1, -0.05) is 36.4 Å². The van der Waals surface area contributed by atoms with E-state index in [1.807, 2.05) is 47.0 Å². The zero-order chi connectivity index (χ0) is 19.5. The number of fused-ring (bicyclic) bond motifs is 5. The van der Waals surface area contributed by atoms with E-state index in [0.29, 0.717) is 13.1 Å². The third-order valence-electron chi connectivity index (χ3n) is 6.32. The van der Waals surface area contributed by atoms with Crippen LogP contribution in [0.2, 0.25) is 0 Å². The van der Waals surface area contributed by atoms with Crippen LogP contribution >= 0.6 is 0 Å². The van der Waals surface area contributed by atoms with Gasteiger partial charge in [0.25, 0.3) is 5.56 Å². The van der Waals surface area contributed by atoms with E-state index in [1.54, 1.807) is 0 Å².